The van der Waals surface area contributed by atoms with Gasteiger partial charge in [0.15, 0.2) is 0 Å². The van der Waals surface area contributed by atoms with Crippen LogP contribution in [-0.2, 0) is 18.7 Å². The van der Waals surface area contributed by atoms with Gasteiger partial charge in [-0.2, -0.15) is 0 Å². The maximum absolute atomic E-state index is 10.6. The van der Waals surface area contributed by atoms with Crippen LogP contribution in [0.15, 0.2) is 0 Å². The summed E-state index contributed by atoms with van der Waals surface area (Å²) >= 11 is 0. The molecule has 0 rings (SSSR count). The van der Waals surface area contributed by atoms with Crippen LogP contribution in [0, 0.1) is 0 Å². The fraction of sp³-hybridized carbons (Fsp3) is 0.500. The van der Waals surface area contributed by atoms with Gasteiger partial charge in [-0.1, -0.05) is 0 Å². The third-order valence-electron chi connectivity index (χ3n) is 0.933. The van der Waals surface area contributed by atoms with Crippen LogP contribution in [0.25, 0.3) is 0 Å². The van der Waals surface area contributed by atoms with E-state index < -0.39 is 32.2 Å². The molecular weight excluding hydrogens is 242 g/mol. The van der Waals surface area contributed by atoms with E-state index in [1.807, 2.05) is 0 Å². The van der Waals surface area contributed by atoms with Crippen LogP contribution in [-0.4, -0.2) is 79.1 Å². The molecule has 0 fully saturated rings. The Labute approximate surface area is 122 Å². The number of amides is 1. The first kappa shape index (κ1) is 17.1. The number of carbonyl (C=O) groups excluding carboxylic acids is 2. The Bertz CT molecular complexity index is 265. The van der Waals surface area contributed by atoms with Crippen molar-refractivity contribution in [2.75, 3.05) is 0 Å². The third-order valence-corrected chi connectivity index (χ3v) is 1.35. The van der Waals surface area contributed by atoms with Crippen LogP contribution in [0.3, 0.4) is 0 Å². The van der Waals surface area contributed by atoms with E-state index in [0.717, 1.165) is 0 Å². The van der Waals surface area contributed by atoms with Crippen LogP contribution < -0.4 is 11.5 Å². The first-order valence-corrected chi connectivity index (χ1v) is 4.58. The quantitative estimate of drug-likeness (QED) is 0.311. The second kappa shape index (κ2) is 7.04. The van der Waals surface area contributed by atoms with Gasteiger partial charge in [0.25, 0.3) is 0 Å². The normalized spacial score (nSPS) is 12.5. The zero-order valence-corrected chi connectivity index (χ0v) is 7.31. The molecule has 0 aliphatic rings. The van der Waals surface area contributed by atoms with Gasteiger partial charge >= 0.3 is 65.2 Å². The molecule has 6 N–H and O–H groups in total. The summed E-state index contributed by atoms with van der Waals surface area (Å²) in [5.41, 5.74) is 9.68. The summed E-state index contributed by atoms with van der Waals surface area (Å²) < 4.78 is 13.7. The molecule has 0 spiro atoms. The summed E-state index contributed by atoms with van der Waals surface area (Å²) in [5, 5.41) is 0. The van der Waals surface area contributed by atoms with E-state index in [2.05, 4.69) is 10.3 Å². The summed E-state index contributed by atoms with van der Waals surface area (Å²) in [6.07, 6.45) is -0.529. The molecular formula is C4H10KN2O6P. The second-order valence-electron chi connectivity index (χ2n) is 2.18. The van der Waals surface area contributed by atoms with Crippen molar-refractivity contribution in [3.05, 3.63) is 0 Å². The summed E-state index contributed by atoms with van der Waals surface area (Å²) in [6.45, 7) is 0. The zero-order chi connectivity index (χ0) is 10.6. The number of hydrogen-bond acceptors (Lipinski definition) is 5. The SMILES string of the molecule is NC(=O)C[C@H](N)C(=O)OP(=O)(O)O.[KH]. The predicted molar refractivity (Wildman–Crippen MR) is 47.1 cm³/mol. The third kappa shape index (κ3) is 9.25. The molecule has 0 saturated carbocycles. The summed E-state index contributed by atoms with van der Waals surface area (Å²) in [4.78, 5) is 37.2. The van der Waals surface area contributed by atoms with Gasteiger partial charge < -0.3 is 16.0 Å². The van der Waals surface area contributed by atoms with Gasteiger partial charge in [-0.25, -0.2) is 9.36 Å². The van der Waals surface area contributed by atoms with E-state index in [1.165, 1.54) is 0 Å². The second-order valence-corrected chi connectivity index (χ2v) is 3.34. The first-order valence-electron chi connectivity index (χ1n) is 3.05. The molecule has 1 amide bonds. The molecule has 0 heterocycles. The summed E-state index contributed by atoms with van der Waals surface area (Å²) in [5.74, 6) is -2.23. The Kier molecular flexibility index (Phi) is 8.60. The average Bonchev–Trinajstić information content (AvgIpc) is 1.81. The van der Waals surface area contributed by atoms with Crippen molar-refractivity contribution in [2.45, 2.75) is 12.5 Å². The number of nitrogens with two attached hydrogens (primary N) is 2. The summed E-state index contributed by atoms with van der Waals surface area (Å²) in [6, 6.07) is -1.45. The molecule has 10 heteroatoms. The number of carbonyl (C=O) groups is 2. The van der Waals surface area contributed by atoms with Gasteiger partial charge in [-0.15, -0.1) is 0 Å². The van der Waals surface area contributed by atoms with Crippen LogP contribution >= 0.6 is 7.82 Å². The molecule has 0 radical (unpaired) electrons. The molecule has 0 saturated heterocycles. The number of phosphoric ester groups is 1. The fourth-order valence-electron chi connectivity index (χ4n) is 0.485. The average molecular weight is 252 g/mol. The Morgan fingerprint density at radius 3 is 2.14 bits per heavy atom. The molecule has 8 nitrogen and oxygen atoms in total. The van der Waals surface area contributed by atoms with Crippen molar-refractivity contribution in [3.8, 4) is 0 Å². The van der Waals surface area contributed by atoms with Crippen molar-refractivity contribution in [2.24, 2.45) is 11.5 Å². The zero-order valence-electron chi connectivity index (χ0n) is 6.41. The van der Waals surface area contributed by atoms with Gasteiger partial charge in [0.05, 0.1) is 6.42 Å². The number of rotatable bonds is 4. The predicted octanol–water partition coefficient (Wildman–Crippen LogP) is -2.82. The Morgan fingerprint density at radius 1 is 1.43 bits per heavy atom. The minimum atomic E-state index is -4.90. The first-order chi connectivity index (χ1) is 5.72. The van der Waals surface area contributed by atoms with E-state index in [4.69, 9.17) is 15.5 Å². The van der Waals surface area contributed by atoms with Crippen LogP contribution in [0.1, 0.15) is 6.42 Å². The van der Waals surface area contributed by atoms with E-state index >= 15 is 0 Å². The van der Waals surface area contributed by atoms with Crippen molar-refractivity contribution in [1.29, 1.82) is 0 Å². The number of hydrogen-bond donors (Lipinski definition) is 4. The molecule has 0 bridgehead atoms. The number of primary amides is 1. The van der Waals surface area contributed by atoms with Gasteiger partial charge in [-0.05, 0) is 0 Å². The standard InChI is InChI=1S/C4H9N2O6P.K.H/c5-2(1-3(6)7)4(8)12-13(9,10)11;;/h2H,1,5H2,(H2,6,7)(H2,9,10,11);;/t2-;;/m0../s1. The van der Waals surface area contributed by atoms with Gasteiger partial charge in [0.2, 0.25) is 5.91 Å². The van der Waals surface area contributed by atoms with Crippen molar-refractivity contribution in [1.82, 2.24) is 0 Å². The molecule has 0 aromatic rings. The molecule has 78 valence electrons. The molecule has 0 aromatic carbocycles. The van der Waals surface area contributed by atoms with Crippen LogP contribution in [0.2, 0.25) is 0 Å². The van der Waals surface area contributed by atoms with E-state index in [1.54, 1.807) is 0 Å². The molecule has 0 aliphatic heterocycles. The van der Waals surface area contributed by atoms with Crippen molar-refractivity contribution >= 4 is 71.1 Å². The minimum absolute atomic E-state index is 0. The van der Waals surface area contributed by atoms with Crippen LogP contribution in [0.4, 0.5) is 0 Å². The van der Waals surface area contributed by atoms with E-state index in [0.29, 0.717) is 0 Å². The molecule has 14 heavy (non-hydrogen) atoms. The Morgan fingerprint density at radius 2 is 1.86 bits per heavy atom. The van der Waals surface area contributed by atoms with E-state index in [9.17, 15) is 14.2 Å². The van der Waals surface area contributed by atoms with Crippen LogP contribution in [0.5, 0.6) is 0 Å². The molecule has 0 aliphatic carbocycles. The maximum atomic E-state index is 10.6. The number of phosphoric acid groups is 1. The van der Waals surface area contributed by atoms with Gasteiger partial charge in [0.1, 0.15) is 6.04 Å². The summed E-state index contributed by atoms with van der Waals surface area (Å²) in [7, 11) is -4.90. The molecule has 1 atom stereocenters. The van der Waals surface area contributed by atoms with Gasteiger partial charge in [0, 0.05) is 0 Å². The van der Waals surface area contributed by atoms with Crippen molar-refractivity contribution < 1.29 is 28.5 Å². The molecule has 0 unspecified atom stereocenters. The van der Waals surface area contributed by atoms with Gasteiger partial charge in [-0.3, -0.25) is 14.6 Å². The topological polar surface area (TPSA) is 153 Å². The van der Waals surface area contributed by atoms with E-state index in [-0.39, 0.29) is 51.4 Å². The van der Waals surface area contributed by atoms with Crippen molar-refractivity contribution in [3.63, 3.8) is 0 Å². The monoisotopic (exact) mass is 252 g/mol. The Hall–Kier alpha value is 0.686. The Balaban J connectivity index is 0. The molecule has 0 aromatic heterocycles. The fourth-order valence-corrected chi connectivity index (χ4v) is 0.855.